The Morgan fingerprint density at radius 2 is 1.67 bits per heavy atom. The van der Waals surface area contributed by atoms with Crippen molar-refractivity contribution in [2.24, 2.45) is 0 Å². The second kappa shape index (κ2) is 10.0. The first-order valence-corrected chi connectivity index (χ1v) is 1.38. The maximum Gasteiger partial charge on any atom is 0.360 e. The Morgan fingerprint density at radius 1 is 1.33 bits per heavy atom. The average molecular weight is 184 g/mol. The van der Waals surface area contributed by atoms with E-state index in [1.807, 2.05) is 0 Å². The molecule has 0 fully saturated rings. The predicted molar refractivity (Wildman–Crippen MR) is 30.3 cm³/mol. The zero-order chi connectivity index (χ0) is 5.86. The number of hydrogen-bond acceptors (Lipinski definition) is 3. The van der Waals surface area contributed by atoms with Crippen LogP contribution in [0.4, 0.5) is 0 Å². The van der Waals surface area contributed by atoms with E-state index in [4.69, 9.17) is 15.4 Å². The van der Waals surface area contributed by atoms with Crippen LogP contribution in [-0.4, -0.2) is 123 Å². The molecule has 42 valence electrons. The molecule has 0 aliphatic heterocycles. The Bertz CT molecular complexity index is 109. The Balaban J connectivity index is -0.000000180. The van der Waals surface area contributed by atoms with Crippen LogP contribution < -0.4 is 0 Å². The van der Waals surface area contributed by atoms with E-state index in [-0.39, 0.29) is 109 Å². The second-order valence-electron chi connectivity index (χ2n) is 0.790. The van der Waals surface area contributed by atoms with Gasteiger partial charge >= 0.3 is 12.1 Å². The first kappa shape index (κ1) is 17.2. The molecule has 0 bridgehead atoms. The van der Waals surface area contributed by atoms with Crippen molar-refractivity contribution in [3.05, 3.63) is 17.1 Å². The summed E-state index contributed by atoms with van der Waals surface area (Å²) in [6.07, 6.45) is 0.194. The molecule has 3 N–H and O–H groups in total. The van der Waals surface area contributed by atoms with Gasteiger partial charge in [0.1, 0.15) is 0 Å². The summed E-state index contributed by atoms with van der Waals surface area (Å²) in [5.41, 5.74) is 0. The molecule has 0 rings (SSSR count). The van der Waals surface area contributed by atoms with Crippen LogP contribution in [0.5, 0.6) is 0 Å². The van der Waals surface area contributed by atoms with Crippen molar-refractivity contribution >= 4 is 103 Å². The van der Waals surface area contributed by atoms with Gasteiger partial charge in [-0.15, -0.1) is 0 Å². The van der Waals surface area contributed by atoms with Crippen LogP contribution in [0.25, 0.3) is 0 Å². The standard InChI is InChI=1S/C2H3NO4.2K/c4-2(5)1-3(6)7;;/h1H,(H2-,4,5,6,7);;/p+1. The Morgan fingerprint density at radius 3 is 1.67 bits per heavy atom. The van der Waals surface area contributed by atoms with Crippen LogP contribution in [0.3, 0.4) is 0 Å². The van der Waals surface area contributed by atoms with E-state index in [9.17, 15) is 4.91 Å². The molecule has 0 aromatic carbocycles. The van der Waals surface area contributed by atoms with Gasteiger partial charge in [0.05, 0.1) is 4.91 Å². The van der Waals surface area contributed by atoms with Crippen LogP contribution in [0, 0.1) is 4.91 Å². The van der Waals surface area contributed by atoms with Crippen molar-refractivity contribution < 1.29 is 20.3 Å². The topological polar surface area (TPSA) is 80.8 Å². The van der Waals surface area contributed by atoms with Crippen molar-refractivity contribution in [3.63, 3.8) is 0 Å². The normalized spacial score (nSPS) is 5.78. The molecular weight excluding hydrogens is 180 g/mol. The van der Waals surface area contributed by atoms with Crippen LogP contribution in [0.1, 0.15) is 0 Å². The summed E-state index contributed by atoms with van der Waals surface area (Å²) in [4.78, 5) is 8.62. The first-order valence-electron chi connectivity index (χ1n) is 1.38. The quantitative estimate of drug-likeness (QED) is 0.286. The van der Waals surface area contributed by atoms with Crippen molar-refractivity contribution in [1.29, 1.82) is 0 Å². The summed E-state index contributed by atoms with van der Waals surface area (Å²) in [7, 11) is 0. The SMILES string of the molecule is O=[N+](O)C=C(O)O.[K].[K]. The summed E-state index contributed by atoms with van der Waals surface area (Å²) >= 11 is 0. The molecule has 0 aromatic rings. The number of nitrogens with zero attached hydrogens (tertiary/aromatic N) is 1. The second-order valence-corrected chi connectivity index (χ2v) is 0.790. The molecule has 0 aromatic heterocycles. The van der Waals surface area contributed by atoms with Gasteiger partial charge < -0.3 is 10.2 Å². The molecular formula is C2H4K2NO4+. The largest absolute Gasteiger partial charge is 0.476 e. The van der Waals surface area contributed by atoms with Gasteiger partial charge in [-0.05, 0) is 0 Å². The summed E-state index contributed by atoms with van der Waals surface area (Å²) in [6.45, 7) is 0. The van der Waals surface area contributed by atoms with Crippen LogP contribution >= 0.6 is 0 Å². The minimum atomic E-state index is -1.22. The van der Waals surface area contributed by atoms with E-state index in [0.717, 1.165) is 0 Å². The smallest absolute Gasteiger partial charge is 0.360 e. The van der Waals surface area contributed by atoms with Gasteiger partial charge in [-0.3, -0.25) is 0 Å². The summed E-state index contributed by atoms with van der Waals surface area (Å²) in [5, 5.41) is 23.1. The zero-order valence-electron chi connectivity index (χ0n) is 5.27. The fourth-order valence-electron chi connectivity index (χ4n) is 0.0988. The number of aliphatic hydroxyl groups excluding tert-OH is 1. The van der Waals surface area contributed by atoms with E-state index in [1.165, 1.54) is 0 Å². The van der Waals surface area contributed by atoms with Crippen LogP contribution in [0.15, 0.2) is 12.1 Å². The maximum absolute atomic E-state index is 9.33. The molecule has 7 heteroatoms. The van der Waals surface area contributed by atoms with Crippen molar-refractivity contribution in [1.82, 2.24) is 0 Å². The van der Waals surface area contributed by atoms with Gasteiger partial charge in [0.2, 0.25) is 0 Å². The van der Waals surface area contributed by atoms with E-state index in [1.54, 1.807) is 0 Å². The van der Waals surface area contributed by atoms with Crippen LogP contribution in [-0.2, 0) is 0 Å². The van der Waals surface area contributed by atoms with E-state index in [0.29, 0.717) is 0 Å². The maximum atomic E-state index is 9.33. The minimum absolute atomic E-state index is 0. The third-order valence-corrected chi connectivity index (χ3v) is 0.226. The van der Waals surface area contributed by atoms with E-state index in [2.05, 4.69) is 0 Å². The van der Waals surface area contributed by atoms with Gasteiger partial charge in [-0.25, -0.2) is 5.21 Å². The van der Waals surface area contributed by atoms with E-state index < -0.39 is 10.9 Å². The number of aliphatic hydroxyl groups is 2. The third-order valence-electron chi connectivity index (χ3n) is 0.226. The van der Waals surface area contributed by atoms with Crippen LogP contribution in [0.2, 0.25) is 0 Å². The summed E-state index contributed by atoms with van der Waals surface area (Å²) in [5.74, 6) is -1.22. The molecule has 0 unspecified atom stereocenters. The third kappa shape index (κ3) is 17.8. The Kier molecular flexibility index (Phi) is 19.1. The van der Waals surface area contributed by atoms with Gasteiger partial charge in [0, 0.05) is 103 Å². The molecule has 2 radical (unpaired) electrons. The molecule has 0 aliphatic carbocycles. The molecule has 5 nitrogen and oxygen atoms in total. The number of hydrogen-bond donors (Lipinski definition) is 3. The van der Waals surface area contributed by atoms with Gasteiger partial charge in [-0.2, -0.15) is 0 Å². The fourth-order valence-corrected chi connectivity index (χ4v) is 0.0988. The Labute approximate surface area is 137 Å². The van der Waals surface area contributed by atoms with E-state index >= 15 is 0 Å². The van der Waals surface area contributed by atoms with Crippen molar-refractivity contribution in [2.45, 2.75) is 0 Å². The van der Waals surface area contributed by atoms with Gasteiger partial charge in [0.25, 0.3) is 4.92 Å². The molecule has 0 aliphatic rings. The molecule has 0 saturated heterocycles. The molecule has 0 saturated carbocycles. The first-order chi connectivity index (χ1) is 3.13. The average Bonchev–Trinajstić information content (AvgIpc) is 1.27. The summed E-state index contributed by atoms with van der Waals surface area (Å²) in [6, 6.07) is 0. The monoisotopic (exact) mass is 184 g/mol. The molecule has 0 spiro atoms. The van der Waals surface area contributed by atoms with Gasteiger partial charge in [0.15, 0.2) is 0 Å². The Hall–Kier alpha value is 2.01. The zero-order valence-corrected chi connectivity index (χ0v) is 11.5. The van der Waals surface area contributed by atoms with Crippen molar-refractivity contribution in [3.8, 4) is 0 Å². The predicted octanol–water partition coefficient (Wildman–Crippen LogP) is -0.692. The summed E-state index contributed by atoms with van der Waals surface area (Å²) < 4.78 is 0. The van der Waals surface area contributed by atoms with Gasteiger partial charge in [-0.1, -0.05) is 0 Å². The molecule has 0 amide bonds. The molecule has 0 heterocycles. The molecule has 9 heavy (non-hydrogen) atoms. The minimum Gasteiger partial charge on any atom is -0.476 e. The number of rotatable bonds is 1. The van der Waals surface area contributed by atoms with Crippen molar-refractivity contribution in [2.75, 3.05) is 0 Å². The fraction of sp³-hybridized carbons (Fsp3) is 0. The molecule has 0 atom stereocenters.